The first-order valence-corrected chi connectivity index (χ1v) is 7.29. The molecule has 0 fully saturated rings. The van der Waals surface area contributed by atoms with E-state index in [0.29, 0.717) is 6.42 Å². The molecule has 3 heteroatoms. The molecule has 0 aliphatic rings. The van der Waals surface area contributed by atoms with Crippen LogP contribution in [0.2, 0.25) is 0 Å². The van der Waals surface area contributed by atoms with Gasteiger partial charge in [0.25, 0.3) is 0 Å². The molecule has 4 aromatic rings. The van der Waals surface area contributed by atoms with Gasteiger partial charge in [-0.2, -0.15) is 0 Å². The zero-order valence-electron chi connectivity index (χ0n) is 11.9. The van der Waals surface area contributed by atoms with Gasteiger partial charge in [0, 0.05) is 0 Å². The van der Waals surface area contributed by atoms with Crippen molar-refractivity contribution in [3.05, 3.63) is 60.2 Å². The fourth-order valence-corrected chi connectivity index (χ4v) is 3.30. The predicted octanol–water partition coefficient (Wildman–Crippen LogP) is 3.54. The van der Waals surface area contributed by atoms with Gasteiger partial charge in [0.2, 0.25) is 0 Å². The first-order valence-electron chi connectivity index (χ1n) is 7.29. The monoisotopic (exact) mass is 289 g/mol. The second-order valence-corrected chi connectivity index (χ2v) is 5.73. The molecule has 0 saturated heterocycles. The van der Waals surface area contributed by atoms with Crippen LogP contribution in [0.5, 0.6) is 0 Å². The number of hydrogen-bond acceptors (Lipinski definition) is 2. The van der Waals surface area contributed by atoms with Crippen LogP contribution in [0.1, 0.15) is 5.56 Å². The smallest absolute Gasteiger partial charge is 0.320 e. The van der Waals surface area contributed by atoms with E-state index < -0.39 is 12.0 Å². The van der Waals surface area contributed by atoms with Crippen molar-refractivity contribution in [2.45, 2.75) is 12.5 Å². The highest BCUT2D eigenvalue weighted by Gasteiger charge is 2.16. The number of carboxylic acids is 1. The molecule has 0 aliphatic carbocycles. The Kier molecular flexibility index (Phi) is 2.78. The molecule has 0 spiro atoms. The van der Waals surface area contributed by atoms with E-state index >= 15 is 0 Å². The lowest BCUT2D eigenvalue weighted by Crippen LogP contribution is -2.32. The molecular formula is C19H15NO2. The van der Waals surface area contributed by atoms with Crippen LogP contribution in [-0.2, 0) is 11.2 Å². The average molecular weight is 289 g/mol. The van der Waals surface area contributed by atoms with Gasteiger partial charge in [-0.3, -0.25) is 4.79 Å². The molecule has 108 valence electrons. The van der Waals surface area contributed by atoms with E-state index in [2.05, 4.69) is 48.5 Å². The fourth-order valence-electron chi connectivity index (χ4n) is 3.30. The highest BCUT2D eigenvalue weighted by molar-refractivity contribution is 6.23. The van der Waals surface area contributed by atoms with Crippen LogP contribution in [-0.4, -0.2) is 17.1 Å². The third-order valence-corrected chi connectivity index (χ3v) is 4.38. The van der Waals surface area contributed by atoms with E-state index in [0.717, 1.165) is 10.9 Å². The van der Waals surface area contributed by atoms with E-state index in [1.807, 2.05) is 6.07 Å². The molecule has 0 amide bonds. The summed E-state index contributed by atoms with van der Waals surface area (Å²) in [4.78, 5) is 11.0. The van der Waals surface area contributed by atoms with Gasteiger partial charge in [0.15, 0.2) is 0 Å². The van der Waals surface area contributed by atoms with Crippen molar-refractivity contribution in [2.75, 3.05) is 0 Å². The SMILES string of the molecule is NC(Cc1ccc2ccc3cccc4ccc1c2c34)C(=O)O. The maximum absolute atomic E-state index is 11.0. The van der Waals surface area contributed by atoms with Crippen LogP contribution in [0, 0.1) is 0 Å². The summed E-state index contributed by atoms with van der Waals surface area (Å²) in [7, 11) is 0. The lowest BCUT2D eigenvalue weighted by molar-refractivity contribution is -0.138. The molecule has 3 nitrogen and oxygen atoms in total. The molecule has 0 aliphatic heterocycles. The van der Waals surface area contributed by atoms with Crippen LogP contribution in [0.4, 0.5) is 0 Å². The average Bonchev–Trinajstić information content (AvgIpc) is 2.53. The Morgan fingerprint density at radius 3 is 2.18 bits per heavy atom. The highest BCUT2D eigenvalue weighted by atomic mass is 16.4. The summed E-state index contributed by atoms with van der Waals surface area (Å²) in [6.45, 7) is 0. The standard InChI is InChI=1S/C19H15NO2/c20-16(19(21)22)10-14-7-6-13-5-4-11-2-1-3-12-8-9-15(14)18(13)17(11)12/h1-9,16H,10,20H2,(H,21,22). The number of aliphatic carboxylic acids is 1. The van der Waals surface area contributed by atoms with E-state index in [1.54, 1.807) is 0 Å². The molecule has 0 bridgehead atoms. The van der Waals surface area contributed by atoms with Gasteiger partial charge in [-0.1, -0.05) is 54.6 Å². The van der Waals surface area contributed by atoms with Crippen LogP contribution < -0.4 is 5.73 Å². The van der Waals surface area contributed by atoms with Gasteiger partial charge in [0.1, 0.15) is 6.04 Å². The summed E-state index contributed by atoms with van der Waals surface area (Å²) in [5, 5.41) is 16.2. The molecule has 0 aromatic heterocycles. The Hall–Kier alpha value is -2.65. The third kappa shape index (κ3) is 1.83. The molecule has 1 atom stereocenters. The minimum absolute atomic E-state index is 0.337. The maximum Gasteiger partial charge on any atom is 0.320 e. The quantitative estimate of drug-likeness (QED) is 0.567. The molecule has 0 heterocycles. The zero-order valence-corrected chi connectivity index (χ0v) is 11.9. The van der Waals surface area contributed by atoms with Crippen molar-refractivity contribution in [3.8, 4) is 0 Å². The van der Waals surface area contributed by atoms with Gasteiger partial charge in [-0.25, -0.2) is 0 Å². The highest BCUT2D eigenvalue weighted by Crippen LogP contribution is 2.36. The third-order valence-electron chi connectivity index (χ3n) is 4.38. The van der Waals surface area contributed by atoms with Gasteiger partial charge < -0.3 is 10.8 Å². The molecule has 4 rings (SSSR count). The minimum Gasteiger partial charge on any atom is -0.480 e. The summed E-state index contributed by atoms with van der Waals surface area (Å²) in [6, 6.07) is 17.9. The molecular weight excluding hydrogens is 274 g/mol. The van der Waals surface area contributed by atoms with Gasteiger partial charge in [-0.15, -0.1) is 0 Å². The Morgan fingerprint density at radius 2 is 1.50 bits per heavy atom. The molecule has 4 aromatic carbocycles. The number of carboxylic acid groups (broad SMARTS) is 1. The van der Waals surface area contributed by atoms with Crippen molar-refractivity contribution in [3.63, 3.8) is 0 Å². The van der Waals surface area contributed by atoms with Gasteiger partial charge >= 0.3 is 5.97 Å². The summed E-state index contributed by atoms with van der Waals surface area (Å²) < 4.78 is 0. The lowest BCUT2D eigenvalue weighted by Gasteiger charge is -2.15. The summed E-state index contributed by atoms with van der Waals surface area (Å²) >= 11 is 0. The Bertz CT molecular complexity index is 990. The number of rotatable bonds is 3. The molecule has 22 heavy (non-hydrogen) atoms. The van der Waals surface area contributed by atoms with Crippen LogP contribution in [0.25, 0.3) is 32.3 Å². The normalized spacial score (nSPS) is 13.1. The zero-order chi connectivity index (χ0) is 15.3. The van der Waals surface area contributed by atoms with E-state index in [4.69, 9.17) is 10.8 Å². The van der Waals surface area contributed by atoms with Gasteiger partial charge in [-0.05, 0) is 44.3 Å². The van der Waals surface area contributed by atoms with Crippen LogP contribution >= 0.6 is 0 Å². The van der Waals surface area contributed by atoms with Crippen molar-refractivity contribution in [1.82, 2.24) is 0 Å². The lowest BCUT2D eigenvalue weighted by atomic mass is 9.90. The van der Waals surface area contributed by atoms with Crippen molar-refractivity contribution >= 4 is 38.3 Å². The van der Waals surface area contributed by atoms with Crippen molar-refractivity contribution in [2.24, 2.45) is 5.73 Å². The molecule has 1 unspecified atom stereocenters. The minimum atomic E-state index is -0.967. The van der Waals surface area contributed by atoms with Crippen molar-refractivity contribution < 1.29 is 9.90 Å². The Morgan fingerprint density at radius 1 is 0.909 bits per heavy atom. The Balaban J connectivity index is 2.06. The second-order valence-electron chi connectivity index (χ2n) is 5.73. The largest absolute Gasteiger partial charge is 0.480 e. The summed E-state index contributed by atoms with van der Waals surface area (Å²) in [5.41, 5.74) is 6.71. The van der Waals surface area contributed by atoms with E-state index in [1.165, 1.54) is 26.9 Å². The van der Waals surface area contributed by atoms with E-state index in [9.17, 15) is 4.79 Å². The fraction of sp³-hybridized carbons (Fsp3) is 0.105. The topological polar surface area (TPSA) is 63.3 Å². The number of nitrogens with two attached hydrogens (primary N) is 1. The van der Waals surface area contributed by atoms with Crippen LogP contribution in [0.3, 0.4) is 0 Å². The predicted molar refractivity (Wildman–Crippen MR) is 89.5 cm³/mol. The number of carbonyl (C=O) groups is 1. The number of benzene rings is 4. The number of hydrogen-bond donors (Lipinski definition) is 2. The maximum atomic E-state index is 11.0. The van der Waals surface area contributed by atoms with E-state index in [-0.39, 0.29) is 0 Å². The first-order chi connectivity index (χ1) is 10.6. The van der Waals surface area contributed by atoms with Crippen LogP contribution in [0.15, 0.2) is 54.6 Å². The van der Waals surface area contributed by atoms with Crippen molar-refractivity contribution in [1.29, 1.82) is 0 Å². The molecule has 0 radical (unpaired) electrons. The summed E-state index contributed by atoms with van der Waals surface area (Å²) in [6.07, 6.45) is 0.337. The second kappa shape index (κ2) is 4.68. The first kappa shape index (κ1) is 13.0. The summed E-state index contributed by atoms with van der Waals surface area (Å²) in [5.74, 6) is -0.967. The van der Waals surface area contributed by atoms with Gasteiger partial charge in [0.05, 0.1) is 0 Å². The molecule has 0 saturated carbocycles. The Labute approximate surface area is 127 Å². The molecule has 3 N–H and O–H groups in total.